The van der Waals surface area contributed by atoms with E-state index in [1.165, 1.54) is 23.5 Å². The van der Waals surface area contributed by atoms with Crippen LogP contribution in [0.25, 0.3) is 10.2 Å². The number of hydrogen-bond acceptors (Lipinski definition) is 3. The fourth-order valence-corrected chi connectivity index (χ4v) is 4.68. The van der Waals surface area contributed by atoms with Crippen molar-refractivity contribution in [2.45, 2.75) is 18.7 Å². The van der Waals surface area contributed by atoms with Crippen LogP contribution in [0.1, 0.15) is 11.1 Å². The van der Waals surface area contributed by atoms with Gasteiger partial charge in [-0.3, -0.25) is 0 Å². The van der Waals surface area contributed by atoms with Gasteiger partial charge in [-0.15, -0.1) is 4.40 Å². The minimum Gasteiger partial charge on any atom is -0.319 e. The molecule has 0 radical (unpaired) electrons. The molecule has 23 heavy (non-hydrogen) atoms. The van der Waals surface area contributed by atoms with E-state index in [1.807, 2.05) is 26.0 Å². The third-order valence-electron chi connectivity index (χ3n) is 3.80. The van der Waals surface area contributed by atoms with Crippen molar-refractivity contribution in [1.82, 2.24) is 4.57 Å². The van der Waals surface area contributed by atoms with E-state index in [-0.39, 0.29) is 4.90 Å². The number of rotatable bonds is 2. The first kappa shape index (κ1) is 15.9. The average molecular weight is 350 g/mol. The van der Waals surface area contributed by atoms with Crippen molar-refractivity contribution in [1.29, 1.82) is 0 Å². The highest BCUT2D eigenvalue weighted by Crippen LogP contribution is 2.23. The van der Waals surface area contributed by atoms with Crippen LogP contribution in [0.3, 0.4) is 0 Å². The normalized spacial score (nSPS) is 13.0. The van der Waals surface area contributed by atoms with E-state index in [4.69, 9.17) is 0 Å². The second kappa shape index (κ2) is 5.58. The molecule has 0 amide bonds. The van der Waals surface area contributed by atoms with E-state index in [0.29, 0.717) is 4.80 Å². The molecule has 0 atom stereocenters. The van der Waals surface area contributed by atoms with Crippen molar-refractivity contribution >= 4 is 31.6 Å². The Hall–Kier alpha value is -1.99. The Morgan fingerprint density at radius 3 is 2.39 bits per heavy atom. The van der Waals surface area contributed by atoms with E-state index >= 15 is 0 Å². The fourth-order valence-electron chi connectivity index (χ4n) is 2.38. The molecule has 0 bridgehead atoms. The predicted octanol–water partition coefficient (Wildman–Crippen LogP) is 3.29. The van der Waals surface area contributed by atoms with Crippen LogP contribution in [0.2, 0.25) is 0 Å². The number of nitrogens with zero attached hydrogens (tertiary/aromatic N) is 2. The summed E-state index contributed by atoms with van der Waals surface area (Å²) in [7, 11) is -2.08. The lowest BCUT2D eigenvalue weighted by Gasteiger charge is -2.03. The lowest BCUT2D eigenvalue weighted by atomic mass is 10.1. The van der Waals surface area contributed by atoms with Gasteiger partial charge in [0.25, 0.3) is 10.0 Å². The Labute approximate surface area is 137 Å². The molecular weight excluding hydrogens is 335 g/mol. The van der Waals surface area contributed by atoms with Crippen molar-refractivity contribution in [3.05, 3.63) is 58.1 Å². The summed E-state index contributed by atoms with van der Waals surface area (Å²) in [6, 6.07) is 8.63. The van der Waals surface area contributed by atoms with E-state index in [9.17, 15) is 12.8 Å². The number of fused-ring (bicyclic) bond motifs is 1. The molecule has 3 aromatic rings. The Bertz CT molecular complexity index is 1060. The number of benzene rings is 2. The first-order chi connectivity index (χ1) is 10.8. The topological polar surface area (TPSA) is 51.4 Å². The molecule has 0 spiro atoms. The van der Waals surface area contributed by atoms with Crippen molar-refractivity contribution < 1.29 is 12.8 Å². The maximum Gasteiger partial charge on any atom is 0.285 e. The lowest BCUT2D eigenvalue weighted by Crippen LogP contribution is -2.14. The van der Waals surface area contributed by atoms with Gasteiger partial charge < -0.3 is 4.57 Å². The van der Waals surface area contributed by atoms with Gasteiger partial charge in [0, 0.05) is 7.05 Å². The van der Waals surface area contributed by atoms with Gasteiger partial charge in [0.2, 0.25) is 4.80 Å². The zero-order valence-corrected chi connectivity index (χ0v) is 14.5. The second-order valence-corrected chi connectivity index (χ2v) is 7.93. The van der Waals surface area contributed by atoms with Crippen LogP contribution in [0, 0.1) is 19.7 Å². The Kier molecular flexibility index (Phi) is 3.85. The summed E-state index contributed by atoms with van der Waals surface area (Å²) in [4.78, 5) is 0.363. The molecule has 0 aliphatic carbocycles. The third-order valence-corrected chi connectivity index (χ3v) is 6.29. The summed E-state index contributed by atoms with van der Waals surface area (Å²) in [5.74, 6) is -0.484. The molecule has 0 saturated heterocycles. The van der Waals surface area contributed by atoms with E-state index < -0.39 is 15.8 Å². The Morgan fingerprint density at radius 1 is 1.09 bits per heavy atom. The van der Waals surface area contributed by atoms with Crippen LogP contribution >= 0.6 is 11.3 Å². The summed E-state index contributed by atoms with van der Waals surface area (Å²) >= 11 is 1.31. The minimum atomic E-state index is -3.88. The van der Waals surface area contributed by atoms with Gasteiger partial charge in [0.15, 0.2) is 0 Å². The Morgan fingerprint density at radius 2 is 1.74 bits per heavy atom. The second-order valence-electron chi connectivity index (χ2n) is 5.32. The summed E-state index contributed by atoms with van der Waals surface area (Å²) < 4.78 is 44.4. The minimum absolute atomic E-state index is 0.0238. The molecule has 0 aliphatic heterocycles. The third kappa shape index (κ3) is 2.82. The molecule has 120 valence electrons. The SMILES string of the molecule is Cc1ccc2s/c(=N\S(=O)(=O)c3ccc(F)cc3)n(C)c2c1C. The smallest absolute Gasteiger partial charge is 0.285 e. The monoisotopic (exact) mass is 350 g/mol. The summed E-state index contributed by atoms with van der Waals surface area (Å²) in [6.45, 7) is 4.02. The van der Waals surface area contributed by atoms with Crippen LogP contribution in [0.15, 0.2) is 45.7 Å². The van der Waals surface area contributed by atoms with E-state index in [2.05, 4.69) is 4.40 Å². The van der Waals surface area contributed by atoms with Gasteiger partial charge in [-0.1, -0.05) is 17.4 Å². The van der Waals surface area contributed by atoms with Gasteiger partial charge in [-0.05, 0) is 55.3 Å². The highest BCUT2D eigenvalue weighted by atomic mass is 32.2. The first-order valence-electron chi connectivity index (χ1n) is 6.92. The van der Waals surface area contributed by atoms with E-state index in [0.717, 1.165) is 33.5 Å². The number of aryl methyl sites for hydroxylation is 3. The summed E-state index contributed by atoms with van der Waals surface area (Å²) in [5, 5.41) is 0. The molecule has 4 nitrogen and oxygen atoms in total. The van der Waals surface area contributed by atoms with Crippen LogP contribution < -0.4 is 4.80 Å². The molecule has 0 unspecified atom stereocenters. The van der Waals surface area contributed by atoms with Gasteiger partial charge >= 0.3 is 0 Å². The van der Waals surface area contributed by atoms with Crippen LogP contribution in [-0.4, -0.2) is 13.0 Å². The molecule has 1 aromatic heterocycles. The van der Waals surface area contributed by atoms with Gasteiger partial charge in [-0.25, -0.2) is 4.39 Å². The number of sulfonamides is 1. The Balaban J connectivity index is 2.23. The highest BCUT2D eigenvalue weighted by molar-refractivity contribution is 7.90. The predicted molar refractivity (Wildman–Crippen MR) is 89.4 cm³/mol. The number of halogens is 1. The van der Waals surface area contributed by atoms with Gasteiger partial charge in [-0.2, -0.15) is 8.42 Å². The summed E-state index contributed by atoms with van der Waals surface area (Å²) in [6.07, 6.45) is 0. The van der Waals surface area contributed by atoms with Crippen LogP contribution in [-0.2, 0) is 17.1 Å². The molecule has 0 aliphatic rings. The molecule has 3 rings (SSSR count). The maximum atomic E-state index is 13.0. The van der Waals surface area contributed by atoms with Gasteiger partial charge in [0.05, 0.1) is 15.1 Å². The van der Waals surface area contributed by atoms with Crippen LogP contribution in [0.4, 0.5) is 4.39 Å². The zero-order valence-electron chi connectivity index (χ0n) is 12.9. The van der Waals surface area contributed by atoms with Crippen molar-refractivity contribution in [3.8, 4) is 0 Å². The zero-order chi connectivity index (χ0) is 16.8. The number of thiazole rings is 1. The molecular formula is C16H15FN2O2S2. The molecule has 0 saturated carbocycles. The van der Waals surface area contributed by atoms with E-state index in [1.54, 1.807) is 11.6 Å². The van der Waals surface area contributed by atoms with Crippen molar-refractivity contribution in [3.63, 3.8) is 0 Å². The molecule has 0 N–H and O–H groups in total. The largest absolute Gasteiger partial charge is 0.319 e. The maximum absolute atomic E-state index is 13.0. The molecule has 7 heteroatoms. The molecule has 0 fully saturated rings. The van der Waals surface area contributed by atoms with Crippen LogP contribution in [0.5, 0.6) is 0 Å². The van der Waals surface area contributed by atoms with Gasteiger partial charge in [0.1, 0.15) is 5.82 Å². The lowest BCUT2D eigenvalue weighted by molar-refractivity contribution is 0.595. The fraction of sp³-hybridized carbons (Fsp3) is 0.188. The summed E-state index contributed by atoms with van der Waals surface area (Å²) in [5.41, 5.74) is 3.21. The average Bonchev–Trinajstić information content (AvgIpc) is 2.80. The van der Waals surface area contributed by atoms with Crippen molar-refractivity contribution in [2.24, 2.45) is 11.4 Å². The highest BCUT2D eigenvalue weighted by Gasteiger charge is 2.15. The van der Waals surface area contributed by atoms with Crippen molar-refractivity contribution in [2.75, 3.05) is 0 Å². The first-order valence-corrected chi connectivity index (χ1v) is 9.17. The quantitative estimate of drug-likeness (QED) is 0.712. The number of hydrogen-bond donors (Lipinski definition) is 0. The standard InChI is InChI=1S/C16H15FN2O2S2/c1-10-4-9-14-15(11(10)2)19(3)16(22-14)18-23(20,21)13-7-5-12(17)6-8-13/h4-9H,1-3H3/b18-16-. The number of aromatic nitrogens is 1. The molecule has 2 aromatic carbocycles. The molecule has 1 heterocycles.